The van der Waals surface area contributed by atoms with Gasteiger partial charge in [-0.15, -0.1) is 6.58 Å². The number of allylic oxidation sites excluding steroid dienone is 4. The fraction of sp³-hybridized carbons (Fsp3) is 0.588. The average Bonchev–Trinajstić information content (AvgIpc) is 2.38. The van der Waals surface area contributed by atoms with Crippen LogP contribution in [-0.4, -0.2) is 16.3 Å². The number of hydrogen-bond donors (Lipinski definition) is 1. The normalized spacial score (nSPS) is 14.5. The molecule has 0 heterocycles. The van der Waals surface area contributed by atoms with Gasteiger partial charge in [0.25, 0.3) is 5.91 Å². The summed E-state index contributed by atoms with van der Waals surface area (Å²) in [6.07, 6.45) is 9.96. The van der Waals surface area contributed by atoms with Crippen LogP contribution in [0.15, 0.2) is 36.0 Å². The van der Waals surface area contributed by atoms with Gasteiger partial charge in [0.05, 0.1) is 5.54 Å². The van der Waals surface area contributed by atoms with Gasteiger partial charge in [-0.25, -0.2) is 0 Å². The Hall–Kier alpha value is -0.730. The molecule has 0 saturated heterocycles. The lowest BCUT2D eigenvalue weighted by Crippen LogP contribution is -2.46. The summed E-state index contributed by atoms with van der Waals surface area (Å²) >= 11 is 11.1. The van der Waals surface area contributed by atoms with Gasteiger partial charge in [-0.1, -0.05) is 52.6 Å². The van der Waals surface area contributed by atoms with Crippen molar-refractivity contribution < 1.29 is 4.79 Å². The van der Waals surface area contributed by atoms with Crippen molar-refractivity contribution in [2.45, 2.75) is 63.8 Å². The third-order valence-electron chi connectivity index (χ3n) is 3.31. The summed E-state index contributed by atoms with van der Waals surface area (Å²) in [7, 11) is 0. The molecule has 0 fully saturated rings. The minimum atomic E-state index is -1.05. The van der Waals surface area contributed by atoms with Gasteiger partial charge in [-0.2, -0.15) is 0 Å². The second-order valence-electron chi connectivity index (χ2n) is 5.82. The van der Waals surface area contributed by atoms with E-state index in [0.717, 1.165) is 25.7 Å². The molecule has 0 aromatic heterocycles. The smallest absolute Gasteiger partial charge is 0.253 e. The summed E-state index contributed by atoms with van der Waals surface area (Å²) in [6.45, 7) is 12.1. The first-order chi connectivity index (χ1) is 9.70. The molecule has 0 rings (SSSR count). The molecule has 21 heavy (non-hydrogen) atoms. The standard InChI is InChI=1S/C17H27Cl2NO/c1-6-17(5,20-16(21)15(18)19)12-8-11-14(4)10-7-9-13(2)3/h6,9,11,15H,1,7-8,10,12H2,2-5H3,(H,20,21)/b14-11+. The lowest BCUT2D eigenvalue weighted by Gasteiger charge is -2.27. The molecule has 0 aliphatic carbocycles. The van der Waals surface area contributed by atoms with Gasteiger partial charge in [0.15, 0.2) is 4.84 Å². The minimum Gasteiger partial charge on any atom is -0.345 e. The number of hydrogen-bond acceptors (Lipinski definition) is 1. The van der Waals surface area contributed by atoms with Crippen molar-refractivity contribution in [3.8, 4) is 0 Å². The first-order valence-electron chi connectivity index (χ1n) is 7.23. The molecule has 0 radical (unpaired) electrons. The molecule has 2 nitrogen and oxygen atoms in total. The van der Waals surface area contributed by atoms with Gasteiger partial charge >= 0.3 is 0 Å². The molecule has 0 aliphatic rings. The predicted molar refractivity (Wildman–Crippen MR) is 93.9 cm³/mol. The Balaban J connectivity index is 4.35. The van der Waals surface area contributed by atoms with Gasteiger partial charge in [-0.3, -0.25) is 4.79 Å². The molecule has 4 heteroatoms. The average molecular weight is 332 g/mol. The number of alkyl halides is 2. The van der Waals surface area contributed by atoms with E-state index in [1.165, 1.54) is 11.1 Å². The Labute approximate surface area is 139 Å². The van der Waals surface area contributed by atoms with E-state index in [9.17, 15) is 4.79 Å². The topological polar surface area (TPSA) is 29.1 Å². The zero-order valence-corrected chi connectivity index (χ0v) is 15.0. The molecule has 1 unspecified atom stereocenters. The lowest BCUT2D eigenvalue weighted by atomic mass is 9.94. The van der Waals surface area contributed by atoms with E-state index < -0.39 is 10.4 Å². The van der Waals surface area contributed by atoms with Crippen LogP contribution in [0.5, 0.6) is 0 Å². The Bertz CT molecular complexity index is 409. The molecule has 0 aliphatic heterocycles. The van der Waals surface area contributed by atoms with Gasteiger partial charge in [0.1, 0.15) is 0 Å². The van der Waals surface area contributed by atoms with Crippen molar-refractivity contribution >= 4 is 29.1 Å². The van der Waals surface area contributed by atoms with Gasteiger partial charge < -0.3 is 5.32 Å². The van der Waals surface area contributed by atoms with Crippen LogP contribution < -0.4 is 5.32 Å². The van der Waals surface area contributed by atoms with E-state index in [4.69, 9.17) is 23.2 Å². The van der Waals surface area contributed by atoms with Crippen molar-refractivity contribution in [1.82, 2.24) is 5.32 Å². The monoisotopic (exact) mass is 331 g/mol. The third kappa shape index (κ3) is 9.76. The van der Waals surface area contributed by atoms with E-state index in [1.807, 2.05) is 6.92 Å². The number of amides is 1. The molecular weight excluding hydrogens is 305 g/mol. The molecule has 0 spiro atoms. The van der Waals surface area contributed by atoms with Gasteiger partial charge in [0, 0.05) is 0 Å². The van der Waals surface area contributed by atoms with Crippen molar-refractivity contribution in [3.63, 3.8) is 0 Å². The van der Waals surface area contributed by atoms with Crippen molar-refractivity contribution in [1.29, 1.82) is 0 Å². The SMILES string of the molecule is C=CC(C)(CC/C=C(\C)CCC=C(C)C)NC(=O)C(Cl)Cl. The van der Waals surface area contributed by atoms with Crippen molar-refractivity contribution in [2.24, 2.45) is 0 Å². The van der Waals surface area contributed by atoms with Crippen LogP contribution in [-0.2, 0) is 4.79 Å². The first kappa shape index (κ1) is 20.3. The highest BCUT2D eigenvalue weighted by molar-refractivity contribution is 6.53. The maximum absolute atomic E-state index is 11.6. The molecule has 0 saturated carbocycles. The van der Waals surface area contributed by atoms with Crippen LogP contribution in [0.4, 0.5) is 0 Å². The molecule has 0 aromatic rings. The lowest BCUT2D eigenvalue weighted by molar-refractivity contribution is -0.120. The van der Waals surface area contributed by atoms with E-state index >= 15 is 0 Å². The third-order valence-corrected chi connectivity index (χ3v) is 3.70. The predicted octanol–water partition coefficient (Wildman–Crippen LogP) is 5.32. The van der Waals surface area contributed by atoms with E-state index in [0.29, 0.717) is 0 Å². The second kappa shape index (κ2) is 10.1. The summed E-state index contributed by atoms with van der Waals surface area (Å²) in [4.78, 5) is 10.5. The van der Waals surface area contributed by atoms with Crippen LogP contribution in [0.25, 0.3) is 0 Å². The minimum absolute atomic E-state index is 0.384. The van der Waals surface area contributed by atoms with Crippen LogP contribution in [0, 0.1) is 0 Å². The fourth-order valence-corrected chi connectivity index (χ4v) is 1.97. The van der Waals surface area contributed by atoms with Crippen molar-refractivity contribution in [2.75, 3.05) is 0 Å². The summed E-state index contributed by atoms with van der Waals surface area (Å²) in [5.41, 5.74) is 2.22. The van der Waals surface area contributed by atoms with Gasteiger partial charge in [0.2, 0.25) is 0 Å². The zero-order chi connectivity index (χ0) is 16.5. The summed E-state index contributed by atoms with van der Waals surface area (Å²) in [5, 5.41) is 2.81. The number of rotatable bonds is 9. The number of nitrogens with one attached hydrogen (secondary N) is 1. The second-order valence-corrected chi connectivity index (χ2v) is 6.92. The highest BCUT2D eigenvalue weighted by Crippen LogP contribution is 2.17. The number of carbonyl (C=O) groups excluding carboxylic acids is 1. The maximum Gasteiger partial charge on any atom is 0.253 e. The van der Waals surface area contributed by atoms with E-state index in [-0.39, 0.29) is 5.91 Å². The Morgan fingerprint density at radius 2 is 1.86 bits per heavy atom. The van der Waals surface area contributed by atoms with E-state index in [2.05, 4.69) is 44.8 Å². The fourth-order valence-electron chi connectivity index (χ4n) is 1.86. The number of halogens is 2. The van der Waals surface area contributed by atoms with Crippen LogP contribution in [0.2, 0.25) is 0 Å². The van der Waals surface area contributed by atoms with Crippen LogP contribution in [0.1, 0.15) is 53.4 Å². The Morgan fingerprint density at radius 3 is 2.33 bits per heavy atom. The largest absolute Gasteiger partial charge is 0.345 e. The van der Waals surface area contributed by atoms with Gasteiger partial charge in [-0.05, 0) is 53.4 Å². The summed E-state index contributed by atoms with van der Waals surface area (Å²) in [5.74, 6) is -0.384. The highest BCUT2D eigenvalue weighted by atomic mass is 35.5. The molecular formula is C17H27Cl2NO. The molecule has 1 atom stereocenters. The Kier molecular flexibility index (Phi) is 9.72. The molecule has 0 aromatic carbocycles. The quantitative estimate of drug-likeness (QED) is 0.449. The maximum atomic E-state index is 11.6. The first-order valence-corrected chi connectivity index (χ1v) is 8.10. The van der Waals surface area contributed by atoms with Crippen LogP contribution >= 0.6 is 23.2 Å². The molecule has 1 N–H and O–H groups in total. The molecule has 1 amide bonds. The van der Waals surface area contributed by atoms with E-state index in [1.54, 1.807) is 6.08 Å². The van der Waals surface area contributed by atoms with Crippen molar-refractivity contribution in [3.05, 3.63) is 36.0 Å². The highest BCUT2D eigenvalue weighted by Gasteiger charge is 2.24. The summed E-state index contributed by atoms with van der Waals surface area (Å²) < 4.78 is 0. The summed E-state index contributed by atoms with van der Waals surface area (Å²) in [6, 6.07) is 0. The zero-order valence-electron chi connectivity index (χ0n) is 13.5. The Morgan fingerprint density at radius 1 is 1.24 bits per heavy atom. The van der Waals surface area contributed by atoms with Crippen LogP contribution in [0.3, 0.4) is 0 Å². The molecule has 0 bridgehead atoms. The number of carbonyl (C=O) groups is 1. The molecule has 120 valence electrons.